The van der Waals surface area contributed by atoms with Gasteiger partial charge in [-0.05, 0) is 48.6 Å². The highest BCUT2D eigenvalue weighted by molar-refractivity contribution is 7.89. The summed E-state index contributed by atoms with van der Waals surface area (Å²) < 4.78 is 39.0. The topological polar surface area (TPSA) is 122 Å². The molecule has 5 rings (SSSR count). The van der Waals surface area contributed by atoms with Crippen molar-refractivity contribution in [2.75, 3.05) is 0 Å². The number of nitrogens with one attached hydrogen (secondary N) is 1. The predicted octanol–water partition coefficient (Wildman–Crippen LogP) is 3.47. The fourth-order valence-corrected chi connectivity index (χ4v) is 5.68. The molecule has 176 valence electrons. The van der Waals surface area contributed by atoms with Crippen molar-refractivity contribution in [3.63, 3.8) is 0 Å². The first-order valence-electron chi connectivity index (χ1n) is 10.9. The molecule has 3 aromatic rings. The summed E-state index contributed by atoms with van der Waals surface area (Å²) in [4.78, 5) is 11.7. The third kappa shape index (κ3) is 4.02. The van der Waals surface area contributed by atoms with Gasteiger partial charge in [-0.3, -0.25) is 0 Å². The Labute approximate surface area is 196 Å². The molecule has 0 bridgehead atoms. The first kappa shape index (κ1) is 22.4. The maximum atomic E-state index is 12.9. The SMILES string of the molecule is O=C(O)C(O)(NS(=O)(=O)c1ccc(-c2ccccc2)cc1)Oc1cccc2c1OC1CCCC21. The number of aliphatic hydroxyl groups is 1. The van der Waals surface area contributed by atoms with Crippen molar-refractivity contribution in [1.29, 1.82) is 0 Å². The van der Waals surface area contributed by atoms with Crippen LogP contribution in [0.2, 0.25) is 0 Å². The Bertz CT molecular complexity index is 1330. The molecule has 0 radical (unpaired) electrons. The Hall–Kier alpha value is -3.40. The molecule has 8 nitrogen and oxygen atoms in total. The molecular formula is C25H23NO7S. The smallest absolute Gasteiger partial charge is 0.395 e. The Balaban J connectivity index is 1.41. The number of hydrogen-bond acceptors (Lipinski definition) is 6. The molecule has 34 heavy (non-hydrogen) atoms. The van der Waals surface area contributed by atoms with Gasteiger partial charge >= 0.3 is 11.9 Å². The summed E-state index contributed by atoms with van der Waals surface area (Å²) in [5.74, 6) is -4.68. The van der Waals surface area contributed by atoms with E-state index in [1.165, 1.54) is 18.2 Å². The van der Waals surface area contributed by atoms with Crippen LogP contribution in [0.25, 0.3) is 11.1 Å². The number of para-hydroxylation sites is 1. The summed E-state index contributed by atoms with van der Waals surface area (Å²) in [6.07, 6.45) is 2.81. The van der Waals surface area contributed by atoms with Crippen molar-refractivity contribution in [3.05, 3.63) is 78.4 Å². The molecule has 9 heteroatoms. The van der Waals surface area contributed by atoms with Crippen molar-refractivity contribution >= 4 is 16.0 Å². The maximum absolute atomic E-state index is 12.9. The second kappa shape index (κ2) is 8.43. The summed E-state index contributed by atoms with van der Waals surface area (Å²) in [6, 6.07) is 20.2. The van der Waals surface area contributed by atoms with Crippen molar-refractivity contribution in [3.8, 4) is 22.6 Å². The summed E-state index contributed by atoms with van der Waals surface area (Å²) in [5.41, 5.74) is 2.55. The molecule has 3 atom stereocenters. The van der Waals surface area contributed by atoms with Gasteiger partial charge in [-0.1, -0.05) is 54.6 Å². The molecule has 1 fully saturated rings. The Morgan fingerprint density at radius 2 is 1.68 bits per heavy atom. The van der Waals surface area contributed by atoms with Crippen LogP contribution in [0.15, 0.2) is 77.7 Å². The van der Waals surface area contributed by atoms with Gasteiger partial charge in [0.25, 0.3) is 0 Å². The first-order valence-corrected chi connectivity index (χ1v) is 12.4. The molecule has 3 N–H and O–H groups in total. The summed E-state index contributed by atoms with van der Waals surface area (Å²) in [5, 5.41) is 20.4. The number of hydrogen-bond donors (Lipinski definition) is 3. The minimum absolute atomic E-state index is 0.0301. The number of rotatable bonds is 7. The van der Waals surface area contributed by atoms with Crippen LogP contribution >= 0.6 is 0 Å². The zero-order chi connectivity index (χ0) is 23.9. The van der Waals surface area contributed by atoms with E-state index in [2.05, 4.69) is 0 Å². The van der Waals surface area contributed by atoms with Crippen LogP contribution in [0.3, 0.4) is 0 Å². The normalized spacial score (nSPS) is 20.6. The van der Waals surface area contributed by atoms with E-state index in [1.54, 1.807) is 22.9 Å². The van der Waals surface area contributed by atoms with E-state index in [-0.39, 0.29) is 22.7 Å². The van der Waals surface area contributed by atoms with Crippen LogP contribution in [0.4, 0.5) is 0 Å². The van der Waals surface area contributed by atoms with E-state index in [0.717, 1.165) is 36.0 Å². The standard InChI is InChI=1S/C25H23NO7S/c27-24(28)25(29,33-22-11-5-9-20-19-8-4-10-21(19)32-23(20)22)26-34(30,31)18-14-12-17(13-15-18)16-6-2-1-3-7-16/h1-3,5-7,9,11-15,19,21,26,29H,4,8,10H2,(H,27,28). The Kier molecular flexibility index (Phi) is 5.55. The first-order chi connectivity index (χ1) is 16.3. The number of carboxylic acids is 1. The number of fused-ring (bicyclic) bond motifs is 3. The molecule has 2 aliphatic rings. The highest BCUT2D eigenvalue weighted by atomic mass is 32.2. The maximum Gasteiger partial charge on any atom is 0.395 e. The third-order valence-corrected chi connectivity index (χ3v) is 7.66. The number of aliphatic carboxylic acids is 1. The average molecular weight is 482 g/mol. The fourth-order valence-electron chi connectivity index (χ4n) is 4.57. The number of carboxylic acid groups (broad SMARTS) is 1. The number of sulfonamides is 1. The van der Waals surface area contributed by atoms with Crippen molar-refractivity contribution < 1.29 is 32.9 Å². The van der Waals surface area contributed by atoms with Gasteiger partial charge < -0.3 is 19.7 Å². The molecule has 1 saturated carbocycles. The summed E-state index contributed by atoms with van der Waals surface area (Å²) in [7, 11) is -4.46. The third-order valence-electron chi connectivity index (χ3n) is 6.22. The average Bonchev–Trinajstić information content (AvgIpc) is 3.42. The highest BCUT2D eigenvalue weighted by Crippen LogP contribution is 2.51. The van der Waals surface area contributed by atoms with Gasteiger partial charge in [-0.2, -0.15) is 0 Å². The molecule has 3 unspecified atom stereocenters. The van der Waals surface area contributed by atoms with Crippen LogP contribution in [-0.4, -0.2) is 36.6 Å². The Morgan fingerprint density at radius 1 is 0.971 bits per heavy atom. The largest absolute Gasteiger partial charge is 0.486 e. The van der Waals surface area contributed by atoms with Gasteiger partial charge in [0.1, 0.15) is 6.10 Å². The Morgan fingerprint density at radius 3 is 2.38 bits per heavy atom. The van der Waals surface area contributed by atoms with Crippen LogP contribution < -0.4 is 14.2 Å². The number of benzene rings is 3. The quantitative estimate of drug-likeness (QED) is 0.442. The zero-order valence-corrected chi connectivity index (χ0v) is 18.9. The molecular weight excluding hydrogens is 458 g/mol. The van der Waals surface area contributed by atoms with Gasteiger partial charge in [0.05, 0.1) is 4.90 Å². The molecule has 1 heterocycles. The monoisotopic (exact) mass is 481 g/mol. The van der Waals surface area contributed by atoms with Gasteiger partial charge in [0, 0.05) is 11.5 Å². The second-order valence-corrected chi connectivity index (χ2v) is 10.1. The van der Waals surface area contributed by atoms with Gasteiger partial charge in [0.15, 0.2) is 11.5 Å². The molecule has 0 amide bonds. The lowest BCUT2D eigenvalue weighted by molar-refractivity contribution is -0.197. The second-order valence-electron chi connectivity index (χ2n) is 8.42. The predicted molar refractivity (Wildman–Crippen MR) is 123 cm³/mol. The lowest BCUT2D eigenvalue weighted by atomic mass is 9.97. The van der Waals surface area contributed by atoms with Crippen LogP contribution in [-0.2, 0) is 14.8 Å². The zero-order valence-electron chi connectivity index (χ0n) is 18.0. The van der Waals surface area contributed by atoms with Crippen LogP contribution in [0.1, 0.15) is 30.7 Å². The summed E-state index contributed by atoms with van der Waals surface area (Å²) in [6.45, 7) is 0. The van der Waals surface area contributed by atoms with Gasteiger partial charge in [0.2, 0.25) is 10.0 Å². The molecule has 1 aliphatic carbocycles. The number of carbonyl (C=O) groups is 1. The minimum Gasteiger partial charge on any atom is -0.486 e. The lowest BCUT2D eigenvalue weighted by Gasteiger charge is -2.26. The van der Waals surface area contributed by atoms with Crippen LogP contribution in [0.5, 0.6) is 11.5 Å². The fraction of sp³-hybridized carbons (Fsp3) is 0.240. The van der Waals surface area contributed by atoms with E-state index < -0.39 is 21.9 Å². The lowest BCUT2D eigenvalue weighted by Crippen LogP contribution is -2.58. The minimum atomic E-state index is -4.46. The van der Waals surface area contributed by atoms with E-state index in [1.807, 2.05) is 36.4 Å². The molecule has 3 aromatic carbocycles. The van der Waals surface area contributed by atoms with E-state index in [0.29, 0.717) is 5.75 Å². The van der Waals surface area contributed by atoms with E-state index >= 15 is 0 Å². The summed E-state index contributed by atoms with van der Waals surface area (Å²) >= 11 is 0. The molecule has 0 aromatic heterocycles. The van der Waals surface area contributed by atoms with Gasteiger partial charge in [-0.15, -0.1) is 4.72 Å². The van der Waals surface area contributed by atoms with Crippen molar-refractivity contribution in [1.82, 2.24) is 4.72 Å². The molecule has 0 saturated heterocycles. The van der Waals surface area contributed by atoms with Crippen molar-refractivity contribution in [2.45, 2.75) is 42.1 Å². The number of ether oxygens (including phenoxy) is 2. The molecule has 1 aliphatic heterocycles. The highest BCUT2D eigenvalue weighted by Gasteiger charge is 2.46. The van der Waals surface area contributed by atoms with E-state index in [9.17, 15) is 23.4 Å². The van der Waals surface area contributed by atoms with Crippen LogP contribution in [0, 0.1) is 0 Å². The molecule has 0 spiro atoms. The van der Waals surface area contributed by atoms with Crippen molar-refractivity contribution in [2.24, 2.45) is 0 Å². The van der Waals surface area contributed by atoms with E-state index in [4.69, 9.17) is 9.47 Å². The van der Waals surface area contributed by atoms with Gasteiger partial charge in [-0.25, -0.2) is 13.2 Å².